The molecule has 0 radical (unpaired) electrons. The van der Waals surface area contributed by atoms with Crippen LogP contribution in [0.4, 0.5) is 0 Å². The number of likely N-dealkylation sites (tertiary alicyclic amines) is 1. The van der Waals surface area contributed by atoms with Crippen LogP contribution >= 0.6 is 0 Å². The molecule has 1 N–H and O–H groups in total. The number of rotatable bonds is 4. The van der Waals surface area contributed by atoms with Crippen molar-refractivity contribution in [1.29, 1.82) is 5.26 Å². The number of ether oxygens (including phenoxy) is 2. The van der Waals surface area contributed by atoms with Gasteiger partial charge < -0.3 is 19.5 Å². The van der Waals surface area contributed by atoms with Crippen molar-refractivity contribution >= 4 is 11.9 Å². The molecule has 1 aliphatic carbocycles. The molecule has 0 bridgehead atoms. The van der Waals surface area contributed by atoms with Crippen LogP contribution in [-0.2, 0) is 4.74 Å². The van der Waals surface area contributed by atoms with E-state index >= 15 is 0 Å². The highest BCUT2D eigenvalue weighted by Crippen LogP contribution is 2.38. The highest BCUT2D eigenvalue weighted by molar-refractivity contribution is 5.96. The summed E-state index contributed by atoms with van der Waals surface area (Å²) in [5.41, 5.74) is 1.17. The smallest absolute Gasteiger partial charge is 0.337 e. The van der Waals surface area contributed by atoms with E-state index in [2.05, 4.69) is 6.07 Å². The van der Waals surface area contributed by atoms with Gasteiger partial charge in [0.15, 0.2) is 0 Å². The van der Waals surface area contributed by atoms with Crippen LogP contribution in [0.25, 0.3) is 0 Å². The summed E-state index contributed by atoms with van der Waals surface area (Å²) in [6.07, 6.45) is 0.0632. The maximum absolute atomic E-state index is 13.0. The lowest BCUT2D eigenvalue weighted by Gasteiger charge is -2.35. The van der Waals surface area contributed by atoms with Crippen LogP contribution in [0.3, 0.4) is 0 Å². The van der Waals surface area contributed by atoms with Gasteiger partial charge >= 0.3 is 5.97 Å². The van der Waals surface area contributed by atoms with Gasteiger partial charge in [0.25, 0.3) is 5.91 Å². The molecule has 1 saturated carbocycles. The fourth-order valence-corrected chi connectivity index (χ4v) is 4.61. The lowest BCUT2D eigenvalue weighted by Crippen LogP contribution is -2.42. The predicted molar refractivity (Wildman–Crippen MR) is 111 cm³/mol. The average molecular weight is 420 g/mol. The summed E-state index contributed by atoms with van der Waals surface area (Å²) in [4.78, 5) is 26.5. The molecule has 2 aromatic carbocycles. The summed E-state index contributed by atoms with van der Waals surface area (Å²) in [5, 5.41) is 20.0. The van der Waals surface area contributed by atoms with E-state index in [4.69, 9.17) is 9.47 Å². The molecule has 160 valence electrons. The topological polar surface area (TPSA) is 99.9 Å². The molecule has 7 heteroatoms. The summed E-state index contributed by atoms with van der Waals surface area (Å²) in [6, 6.07) is 15.6. The Labute approximate surface area is 180 Å². The summed E-state index contributed by atoms with van der Waals surface area (Å²) in [6.45, 7) is 1.13. The first-order valence-corrected chi connectivity index (χ1v) is 10.3. The number of amides is 1. The maximum Gasteiger partial charge on any atom is 0.337 e. The minimum atomic E-state index is -0.663. The Morgan fingerprint density at radius 3 is 2.58 bits per heavy atom. The molecule has 1 saturated heterocycles. The number of fused-ring (bicyclic) bond motifs is 1. The van der Waals surface area contributed by atoms with Crippen molar-refractivity contribution in [1.82, 2.24) is 4.90 Å². The lowest BCUT2D eigenvalue weighted by atomic mass is 9.78. The van der Waals surface area contributed by atoms with Gasteiger partial charge in [0.2, 0.25) is 0 Å². The van der Waals surface area contributed by atoms with E-state index in [-0.39, 0.29) is 17.7 Å². The molecule has 1 amide bonds. The number of carbonyl (C=O) groups excluding carboxylic acids is 2. The minimum Gasteiger partial charge on any atom is -0.488 e. The number of esters is 1. The third-order valence-corrected chi connectivity index (χ3v) is 6.19. The van der Waals surface area contributed by atoms with Crippen LogP contribution in [0.1, 0.15) is 39.1 Å². The van der Waals surface area contributed by atoms with Crippen molar-refractivity contribution in [3.8, 4) is 11.8 Å². The molecule has 0 unspecified atom stereocenters. The molecule has 4 rings (SSSR count). The van der Waals surface area contributed by atoms with Gasteiger partial charge in [0.1, 0.15) is 11.9 Å². The maximum atomic E-state index is 13.0. The minimum absolute atomic E-state index is 0.149. The van der Waals surface area contributed by atoms with E-state index in [0.717, 1.165) is 0 Å². The summed E-state index contributed by atoms with van der Waals surface area (Å²) >= 11 is 0. The number of aliphatic hydroxyl groups is 1. The summed E-state index contributed by atoms with van der Waals surface area (Å²) in [5.74, 6) is 0.297. The van der Waals surface area contributed by atoms with E-state index in [0.29, 0.717) is 48.4 Å². The Kier molecular flexibility index (Phi) is 5.92. The largest absolute Gasteiger partial charge is 0.488 e. The van der Waals surface area contributed by atoms with Gasteiger partial charge in [-0.25, -0.2) is 4.79 Å². The first-order chi connectivity index (χ1) is 15.0. The molecule has 0 aromatic heterocycles. The third kappa shape index (κ3) is 4.25. The van der Waals surface area contributed by atoms with Crippen molar-refractivity contribution in [2.24, 2.45) is 11.8 Å². The molecular weight excluding hydrogens is 396 g/mol. The zero-order valence-corrected chi connectivity index (χ0v) is 17.2. The van der Waals surface area contributed by atoms with E-state index in [9.17, 15) is 20.0 Å². The van der Waals surface area contributed by atoms with Crippen molar-refractivity contribution in [2.75, 3.05) is 20.2 Å². The Bertz CT molecular complexity index is 1030. The quantitative estimate of drug-likeness (QED) is 0.764. The number of hydrogen-bond donors (Lipinski definition) is 1. The van der Waals surface area contributed by atoms with Crippen LogP contribution in [0.5, 0.6) is 5.75 Å². The Hall–Kier alpha value is -3.37. The second-order valence-electron chi connectivity index (χ2n) is 8.10. The van der Waals surface area contributed by atoms with E-state index < -0.39 is 18.2 Å². The van der Waals surface area contributed by atoms with Gasteiger partial charge in [-0.1, -0.05) is 18.2 Å². The van der Waals surface area contributed by atoms with Crippen molar-refractivity contribution in [3.05, 3.63) is 65.2 Å². The molecule has 0 spiro atoms. The second kappa shape index (κ2) is 8.78. The molecule has 2 aromatic rings. The van der Waals surface area contributed by atoms with Crippen LogP contribution in [-0.4, -0.2) is 54.3 Å². The van der Waals surface area contributed by atoms with Crippen molar-refractivity contribution < 1.29 is 24.2 Å². The number of carbonyl (C=O) groups is 2. The summed E-state index contributed by atoms with van der Waals surface area (Å²) < 4.78 is 10.8. The molecule has 31 heavy (non-hydrogen) atoms. The molecule has 2 aliphatic rings. The standard InChI is InChI=1S/C24H24N2O5/c1-30-24(29)15-6-4-7-19(9-15)31-22-11-18-14-26(13-17(18)10-21(22)27)23(28)20-8-3-2-5-16(20)12-25/h2-9,17-18,21-22,27H,10-11,13-14H2,1H3/t17-,18+,21+,22+/m0/s1. The number of aliphatic hydroxyl groups excluding tert-OH is 1. The number of nitriles is 1. The zero-order valence-electron chi connectivity index (χ0n) is 17.2. The SMILES string of the molecule is COC(=O)c1cccc(O[C@@H]2C[C@@H]3CN(C(=O)c4ccccc4C#N)C[C@@H]3C[C@H]2O)c1. The van der Waals surface area contributed by atoms with Gasteiger partial charge in [0.05, 0.1) is 36.0 Å². The zero-order chi connectivity index (χ0) is 22.0. The normalized spacial score (nSPS) is 24.7. The summed E-state index contributed by atoms with van der Waals surface area (Å²) in [7, 11) is 1.32. The van der Waals surface area contributed by atoms with Gasteiger partial charge in [-0.2, -0.15) is 5.26 Å². The Morgan fingerprint density at radius 1 is 1.10 bits per heavy atom. The number of nitrogens with zero attached hydrogens (tertiary/aromatic N) is 2. The van der Waals surface area contributed by atoms with Gasteiger partial charge in [0, 0.05) is 13.1 Å². The van der Waals surface area contributed by atoms with E-state index in [1.807, 2.05) is 0 Å². The second-order valence-corrected chi connectivity index (χ2v) is 8.10. The third-order valence-electron chi connectivity index (χ3n) is 6.19. The van der Waals surface area contributed by atoms with E-state index in [1.54, 1.807) is 53.4 Å². The average Bonchev–Trinajstić information content (AvgIpc) is 3.21. The van der Waals surface area contributed by atoms with Crippen LogP contribution in [0.15, 0.2) is 48.5 Å². The number of methoxy groups -OCH3 is 1. The molecule has 1 aliphatic heterocycles. The first-order valence-electron chi connectivity index (χ1n) is 10.3. The highest BCUT2D eigenvalue weighted by atomic mass is 16.5. The van der Waals surface area contributed by atoms with Gasteiger partial charge in [-0.3, -0.25) is 4.79 Å². The fourth-order valence-electron chi connectivity index (χ4n) is 4.61. The van der Waals surface area contributed by atoms with Crippen LogP contribution in [0.2, 0.25) is 0 Å². The van der Waals surface area contributed by atoms with Gasteiger partial charge in [-0.05, 0) is 55.0 Å². The molecule has 7 nitrogen and oxygen atoms in total. The molecular formula is C24H24N2O5. The molecule has 1 heterocycles. The van der Waals surface area contributed by atoms with Gasteiger partial charge in [-0.15, -0.1) is 0 Å². The van der Waals surface area contributed by atoms with Crippen LogP contribution < -0.4 is 4.74 Å². The van der Waals surface area contributed by atoms with Crippen molar-refractivity contribution in [2.45, 2.75) is 25.0 Å². The molecule has 4 atom stereocenters. The van der Waals surface area contributed by atoms with Crippen LogP contribution in [0, 0.1) is 23.2 Å². The Morgan fingerprint density at radius 2 is 1.84 bits per heavy atom. The Balaban J connectivity index is 1.44. The molecule has 2 fully saturated rings. The van der Waals surface area contributed by atoms with E-state index in [1.165, 1.54) is 7.11 Å². The predicted octanol–water partition coefficient (Wildman–Crippen LogP) is 2.64. The lowest BCUT2D eigenvalue weighted by molar-refractivity contribution is -0.0231. The first kappa shape index (κ1) is 20.9. The highest BCUT2D eigenvalue weighted by Gasteiger charge is 2.44. The van der Waals surface area contributed by atoms with Crippen molar-refractivity contribution in [3.63, 3.8) is 0 Å². The number of hydrogen-bond acceptors (Lipinski definition) is 6. The number of benzene rings is 2. The monoisotopic (exact) mass is 420 g/mol. The fraction of sp³-hybridized carbons (Fsp3) is 0.375.